The Morgan fingerprint density at radius 1 is 1.50 bits per heavy atom. The molecule has 1 aliphatic rings. The van der Waals surface area contributed by atoms with Crippen molar-refractivity contribution in [3.05, 3.63) is 34.1 Å². The standard InChI is InChI=1S/C14H19BrFNO/c1-9-8-18-6-5-14(9)17-10(2)12-4-3-11(16)7-13(12)15/h3-4,7,9-10,14,17H,5-6,8H2,1-2H3. The van der Waals surface area contributed by atoms with Gasteiger partial charge in [0.25, 0.3) is 0 Å². The Labute approximate surface area is 116 Å². The van der Waals surface area contributed by atoms with Gasteiger partial charge in [-0.3, -0.25) is 0 Å². The fraction of sp³-hybridized carbons (Fsp3) is 0.571. The van der Waals surface area contributed by atoms with Gasteiger partial charge in [0, 0.05) is 23.2 Å². The number of rotatable bonds is 3. The molecule has 0 bridgehead atoms. The largest absolute Gasteiger partial charge is 0.381 e. The summed E-state index contributed by atoms with van der Waals surface area (Å²) in [5.74, 6) is 0.303. The maximum atomic E-state index is 13.1. The molecule has 0 amide bonds. The molecule has 0 aromatic heterocycles. The van der Waals surface area contributed by atoms with Gasteiger partial charge in [0.05, 0.1) is 6.61 Å². The molecule has 0 radical (unpaired) electrons. The van der Waals surface area contributed by atoms with Crippen LogP contribution in [0.1, 0.15) is 31.9 Å². The summed E-state index contributed by atoms with van der Waals surface area (Å²) in [6, 6.07) is 5.52. The Morgan fingerprint density at radius 2 is 2.28 bits per heavy atom. The lowest BCUT2D eigenvalue weighted by molar-refractivity contribution is 0.0363. The molecular weight excluding hydrogens is 297 g/mol. The molecule has 0 spiro atoms. The van der Waals surface area contributed by atoms with Gasteiger partial charge in [-0.15, -0.1) is 0 Å². The summed E-state index contributed by atoms with van der Waals surface area (Å²) >= 11 is 3.42. The highest BCUT2D eigenvalue weighted by molar-refractivity contribution is 9.10. The number of ether oxygens (including phenoxy) is 1. The lowest BCUT2D eigenvalue weighted by Crippen LogP contribution is -2.42. The number of nitrogens with one attached hydrogen (secondary N) is 1. The Morgan fingerprint density at radius 3 is 2.94 bits per heavy atom. The van der Waals surface area contributed by atoms with E-state index in [1.54, 1.807) is 0 Å². The third-order valence-corrected chi connectivity index (χ3v) is 4.22. The van der Waals surface area contributed by atoms with Crippen molar-refractivity contribution in [3.63, 3.8) is 0 Å². The van der Waals surface area contributed by atoms with Crippen LogP contribution in [0.4, 0.5) is 4.39 Å². The number of benzene rings is 1. The molecule has 3 atom stereocenters. The van der Waals surface area contributed by atoms with Crippen molar-refractivity contribution >= 4 is 15.9 Å². The van der Waals surface area contributed by atoms with Gasteiger partial charge in [-0.1, -0.05) is 28.9 Å². The second-order valence-corrected chi connectivity index (χ2v) is 5.86. The quantitative estimate of drug-likeness (QED) is 0.919. The SMILES string of the molecule is CC(NC1CCOCC1C)c1ccc(F)cc1Br. The minimum Gasteiger partial charge on any atom is -0.381 e. The summed E-state index contributed by atoms with van der Waals surface area (Å²) in [7, 11) is 0. The van der Waals surface area contributed by atoms with Crippen LogP contribution in [0, 0.1) is 11.7 Å². The molecule has 4 heteroatoms. The molecule has 1 aliphatic heterocycles. The molecule has 3 unspecified atom stereocenters. The van der Waals surface area contributed by atoms with Crippen LogP contribution in [0.5, 0.6) is 0 Å². The van der Waals surface area contributed by atoms with Crippen LogP contribution >= 0.6 is 15.9 Å². The zero-order valence-corrected chi connectivity index (χ0v) is 12.3. The van der Waals surface area contributed by atoms with Crippen LogP contribution in [-0.4, -0.2) is 19.3 Å². The van der Waals surface area contributed by atoms with Crippen LogP contribution < -0.4 is 5.32 Å². The maximum Gasteiger partial charge on any atom is 0.124 e. The Bertz CT molecular complexity index is 413. The summed E-state index contributed by atoms with van der Waals surface area (Å²) in [6.07, 6.45) is 1.03. The van der Waals surface area contributed by atoms with Crippen LogP contribution in [-0.2, 0) is 4.74 Å². The van der Waals surface area contributed by atoms with Crippen LogP contribution in [0.3, 0.4) is 0 Å². The molecule has 1 saturated heterocycles. The van der Waals surface area contributed by atoms with Gasteiger partial charge >= 0.3 is 0 Å². The maximum absolute atomic E-state index is 13.1. The van der Waals surface area contributed by atoms with Gasteiger partial charge in [-0.25, -0.2) is 4.39 Å². The van der Waals surface area contributed by atoms with Crippen molar-refractivity contribution in [3.8, 4) is 0 Å². The van der Waals surface area contributed by atoms with E-state index in [4.69, 9.17) is 4.74 Å². The first-order valence-electron chi connectivity index (χ1n) is 6.36. The second-order valence-electron chi connectivity index (χ2n) is 5.00. The van der Waals surface area contributed by atoms with E-state index in [9.17, 15) is 4.39 Å². The average Bonchev–Trinajstić information content (AvgIpc) is 2.32. The second kappa shape index (κ2) is 6.13. The van der Waals surface area contributed by atoms with Crippen molar-refractivity contribution in [2.45, 2.75) is 32.4 Å². The third kappa shape index (κ3) is 3.31. The molecule has 1 aromatic rings. The number of hydrogen-bond acceptors (Lipinski definition) is 2. The van der Waals surface area contributed by atoms with E-state index in [1.807, 2.05) is 6.07 Å². The Balaban J connectivity index is 2.04. The molecule has 1 fully saturated rings. The van der Waals surface area contributed by atoms with E-state index in [1.165, 1.54) is 12.1 Å². The normalized spacial score (nSPS) is 26.0. The van der Waals surface area contributed by atoms with Crippen molar-refractivity contribution in [1.82, 2.24) is 5.32 Å². The third-order valence-electron chi connectivity index (χ3n) is 3.53. The first-order valence-corrected chi connectivity index (χ1v) is 7.16. The number of hydrogen-bond donors (Lipinski definition) is 1. The molecular formula is C14H19BrFNO. The molecule has 18 heavy (non-hydrogen) atoms. The summed E-state index contributed by atoms with van der Waals surface area (Å²) in [6.45, 7) is 5.94. The summed E-state index contributed by atoms with van der Waals surface area (Å²) in [4.78, 5) is 0. The Hall–Kier alpha value is -0.450. The highest BCUT2D eigenvalue weighted by Crippen LogP contribution is 2.26. The summed E-state index contributed by atoms with van der Waals surface area (Å²) < 4.78 is 19.3. The van der Waals surface area contributed by atoms with Gasteiger partial charge in [-0.2, -0.15) is 0 Å². The zero-order chi connectivity index (χ0) is 13.1. The minimum absolute atomic E-state index is 0.200. The van der Waals surface area contributed by atoms with E-state index in [2.05, 4.69) is 35.1 Å². The van der Waals surface area contributed by atoms with E-state index < -0.39 is 0 Å². The molecule has 100 valence electrons. The fourth-order valence-corrected chi connectivity index (χ4v) is 3.09. The fourth-order valence-electron chi connectivity index (χ4n) is 2.39. The van der Waals surface area contributed by atoms with Crippen molar-refractivity contribution in [2.75, 3.05) is 13.2 Å². The van der Waals surface area contributed by atoms with Gasteiger partial charge < -0.3 is 10.1 Å². The van der Waals surface area contributed by atoms with Crippen LogP contribution in [0.25, 0.3) is 0 Å². The van der Waals surface area contributed by atoms with Gasteiger partial charge in [0.1, 0.15) is 5.82 Å². The van der Waals surface area contributed by atoms with Gasteiger partial charge in [0.2, 0.25) is 0 Å². The van der Waals surface area contributed by atoms with Crippen molar-refractivity contribution < 1.29 is 9.13 Å². The Kier molecular flexibility index (Phi) is 4.76. The predicted molar refractivity (Wildman–Crippen MR) is 74.0 cm³/mol. The topological polar surface area (TPSA) is 21.3 Å². The lowest BCUT2D eigenvalue weighted by atomic mass is 9.96. The molecule has 2 nitrogen and oxygen atoms in total. The predicted octanol–water partition coefficient (Wildman–Crippen LogP) is 3.66. The minimum atomic E-state index is -0.211. The monoisotopic (exact) mass is 315 g/mol. The molecule has 1 heterocycles. The van der Waals surface area contributed by atoms with E-state index in [0.29, 0.717) is 12.0 Å². The zero-order valence-electron chi connectivity index (χ0n) is 10.7. The number of halogens is 2. The van der Waals surface area contributed by atoms with E-state index in [0.717, 1.165) is 29.7 Å². The van der Waals surface area contributed by atoms with Crippen molar-refractivity contribution in [1.29, 1.82) is 0 Å². The summed E-state index contributed by atoms with van der Waals surface area (Å²) in [5.41, 5.74) is 1.09. The molecule has 0 aliphatic carbocycles. The molecule has 2 rings (SSSR count). The van der Waals surface area contributed by atoms with Gasteiger partial charge in [-0.05, 0) is 37.0 Å². The molecule has 1 N–H and O–H groups in total. The average molecular weight is 316 g/mol. The van der Waals surface area contributed by atoms with Crippen LogP contribution in [0.15, 0.2) is 22.7 Å². The highest BCUT2D eigenvalue weighted by atomic mass is 79.9. The summed E-state index contributed by atoms with van der Waals surface area (Å²) in [5, 5.41) is 3.61. The van der Waals surface area contributed by atoms with E-state index >= 15 is 0 Å². The van der Waals surface area contributed by atoms with Crippen molar-refractivity contribution in [2.24, 2.45) is 5.92 Å². The molecule has 0 saturated carbocycles. The first kappa shape index (κ1) is 14.0. The smallest absolute Gasteiger partial charge is 0.124 e. The first-order chi connectivity index (χ1) is 8.58. The van der Waals surface area contributed by atoms with E-state index in [-0.39, 0.29) is 11.9 Å². The lowest BCUT2D eigenvalue weighted by Gasteiger charge is -2.32. The van der Waals surface area contributed by atoms with Gasteiger partial charge in [0.15, 0.2) is 0 Å². The highest BCUT2D eigenvalue weighted by Gasteiger charge is 2.24. The van der Waals surface area contributed by atoms with Crippen LogP contribution in [0.2, 0.25) is 0 Å². The molecule has 1 aromatic carbocycles.